The largest absolute Gasteiger partial charge is 0.497 e. The molecule has 0 aliphatic heterocycles. The Morgan fingerprint density at radius 3 is 2.77 bits per heavy atom. The van der Waals surface area contributed by atoms with Crippen LogP contribution in [0, 0.1) is 10.1 Å². The van der Waals surface area contributed by atoms with Gasteiger partial charge in [0.25, 0.3) is 5.69 Å². The topological polar surface area (TPSA) is 108 Å². The van der Waals surface area contributed by atoms with Crippen LogP contribution in [0.3, 0.4) is 0 Å². The maximum Gasteiger partial charge on any atom is 0.270 e. The number of fused-ring (bicyclic) bond motifs is 1. The van der Waals surface area contributed by atoms with Crippen LogP contribution in [0.25, 0.3) is 28.6 Å². The van der Waals surface area contributed by atoms with Gasteiger partial charge in [0.1, 0.15) is 11.3 Å². The smallest absolute Gasteiger partial charge is 0.270 e. The molecule has 0 aliphatic rings. The van der Waals surface area contributed by atoms with Crippen LogP contribution in [0.4, 0.5) is 11.4 Å². The Labute approximate surface area is 176 Å². The molecule has 8 nitrogen and oxygen atoms in total. The first kappa shape index (κ1) is 19.8. The first-order valence-electron chi connectivity index (χ1n) is 9.30. The second kappa shape index (κ2) is 8.50. The lowest BCUT2D eigenvalue weighted by atomic mass is 10.2. The summed E-state index contributed by atoms with van der Waals surface area (Å²) in [5.41, 5.74) is 3.03. The average molecular weight is 415 g/mol. The van der Waals surface area contributed by atoms with E-state index in [0.29, 0.717) is 34.0 Å². The average Bonchev–Trinajstić information content (AvgIpc) is 3.21. The van der Waals surface area contributed by atoms with Gasteiger partial charge in [-0.25, -0.2) is 4.98 Å². The van der Waals surface area contributed by atoms with Gasteiger partial charge in [0.15, 0.2) is 5.58 Å². The number of hydrogen-bond donors (Lipinski definition) is 1. The summed E-state index contributed by atoms with van der Waals surface area (Å²) in [6, 6.07) is 18.6. The number of methoxy groups -OCH3 is 1. The SMILES string of the molecule is COc1cccc(-c2nc3cc(NC(=O)/C=C/c4cccc([N+](=O)[O-])c4)ccc3o2)c1. The van der Waals surface area contributed by atoms with Crippen LogP contribution in [0.2, 0.25) is 0 Å². The Bertz CT molecular complexity index is 1310. The van der Waals surface area contributed by atoms with Crippen molar-refractivity contribution in [1.82, 2.24) is 4.98 Å². The van der Waals surface area contributed by atoms with Crippen molar-refractivity contribution in [3.05, 3.63) is 88.5 Å². The number of nitro groups is 1. The highest BCUT2D eigenvalue weighted by Gasteiger charge is 2.10. The quantitative estimate of drug-likeness (QED) is 0.268. The molecule has 1 heterocycles. The Morgan fingerprint density at radius 2 is 1.97 bits per heavy atom. The summed E-state index contributed by atoms with van der Waals surface area (Å²) in [5.74, 6) is 0.772. The third-order valence-corrected chi connectivity index (χ3v) is 4.48. The molecular formula is C23H17N3O5. The minimum atomic E-state index is -0.482. The van der Waals surface area contributed by atoms with E-state index in [9.17, 15) is 14.9 Å². The fourth-order valence-corrected chi connectivity index (χ4v) is 2.98. The second-order valence-corrected chi connectivity index (χ2v) is 6.61. The number of carbonyl (C=O) groups is 1. The van der Waals surface area contributed by atoms with Crippen LogP contribution >= 0.6 is 0 Å². The zero-order valence-corrected chi connectivity index (χ0v) is 16.4. The van der Waals surface area contributed by atoms with Crippen molar-refractivity contribution in [2.75, 3.05) is 12.4 Å². The first-order valence-corrected chi connectivity index (χ1v) is 9.30. The molecule has 1 N–H and O–H groups in total. The van der Waals surface area contributed by atoms with Crippen LogP contribution < -0.4 is 10.1 Å². The number of hydrogen-bond acceptors (Lipinski definition) is 6. The molecule has 0 atom stereocenters. The lowest BCUT2D eigenvalue weighted by molar-refractivity contribution is -0.384. The minimum absolute atomic E-state index is 0.0362. The molecule has 1 aromatic heterocycles. The normalized spacial score (nSPS) is 11.0. The number of oxazole rings is 1. The van der Waals surface area contributed by atoms with E-state index in [2.05, 4.69) is 10.3 Å². The number of nitrogens with one attached hydrogen (secondary N) is 1. The van der Waals surface area contributed by atoms with Gasteiger partial charge in [-0.15, -0.1) is 0 Å². The Hall–Kier alpha value is -4.46. The predicted molar refractivity (Wildman–Crippen MR) is 117 cm³/mol. The third-order valence-electron chi connectivity index (χ3n) is 4.48. The molecule has 0 unspecified atom stereocenters. The summed E-state index contributed by atoms with van der Waals surface area (Å²) in [5, 5.41) is 13.6. The van der Waals surface area contributed by atoms with Gasteiger partial charge >= 0.3 is 0 Å². The Kier molecular flexibility index (Phi) is 5.44. The summed E-state index contributed by atoms with van der Waals surface area (Å²) in [7, 11) is 1.59. The van der Waals surface area contributed by atoms with Crippen LogP contribution in [-0.2, 0) is 4.79 Å². The lowest BCUT2D eigenvalue weighted by Crippen LogP contribution is -2.07. The molecule has 0 spiro atoms. The summed E-state index contributed by atoms with van der Waals surface area (Å²) < 4.78 is 11.0. The van der Waals surface area contributed by atoms with Crippen molar-refractivity contribution < 1.29 is 18.9 Å². The number of rotatable bonds is 6. The number of ether oxygens (including phenoxy) is 1. The van der Waals surface area contributed by atoms with Crippen LogP contribution in [-0.4, -0.2) is 22.9 Å². The maximum absolute atomic E-state index is 12.2. The molecule has 154 valence electrons. The van der Waals surface area contributed by atoms with Gasteiger partial charge in [0, 0.05) is 29.5 Å². The number of carbonyl (C=O) groups excluding carboxylic acids is 1. The van der Waals surface area contributed by atoms with E-state index in [-0.39, 0.29) is 11.6 Å². The molecule has 4 aromatic rings. The molecule has 0 saturated heterocycles. The zero-order chi connectivity index (χ0) is 21.8. The predicted octanol–water partition coefficient (Wildman–Crippen LogP) is 5.06. The molecule has 4 rings (SSSR count). The van der Waals surface area contributed by atoms with Crippen molar-refractivity contribution in [2.24, 2.45) is 0 Å². The number of benzene rings is 3. The molecule has 3 aromatic carbocycles. The Morgan fingerprint density at radius 1 is 1.13 bits per heavy atom. The number of nitro benzene ring substituents is 1. The molecule has 0 bridgehead atoms. The standard InChI is InChI=1S/C23H17N3O5/c1-30-19-7-3-5-16(13-19)23-25-20-14-17(9-10-21(20)31-23)24-22(27)11-8-15-4-2-6-18(12-15)26(28)29/h2-14H,1H3,(H,24,27)/b11-8+. The zero-order valence-electron chi connectivity index (χ0n) is 16.4. The second-order valence-electron chi connectivity index (χ2n) is 6.61. The van der Waals surface area contributed by atoms with Gasteiger partial charge in [-0.2, -0.15) is 0 Å². The van der Waals surface area contributed by atoms with Crippen molar-refractivity contribution >= 4 is 34.5 Å². The molecule has 0 saturated carbocycles. The minimum Gasteiger partial charge on any atom is -0.497 e. The van der Waals surface area contributed by atoms with Gasteiger partial charge in [-0.3, -0.25) is 14.9 Å². The molecule has 0 aliphatic carbocycles. The van der Waals surface area contributed by atoms with Crippen LogP contribution in [0.15, 0.2) is 77.2 Å². The highest BCUT2D eigenvalue weighted by molar-refractivity contribution is 6.02. The molecule has 1 amide bonds. The van der Waals surface area contributed by atoms with E-state index in [1.807, 2.05) is 24.3 Å². The van der Waals surface area contributed by atoms with Gasteiger partial charge in [0.2, 0.25) is 11.8 Å². The summed E-state index contributed by atoms with van der Waals surface area (Å²) in [6.07, 6.45) is 2.82. The van der Waals surface area contributed by atoms with E-state index in [4.69, 9.17) is 9.15 Å². The molecule has 8 heteroatoms. The van der Waals surface area contributed by atoms with Gasteiger partial charge in [-0.05, 0) is 48.0 Å². The maximum atomic E-state index is 12.2. The van der Waals surface area contributed by atoms with Crippen molar-refractivity contribution in [3.63, 3.8) is 0 Å². The van der Waals surface area contributed by atoms with Crippen LogP contribution in [0.1, 0.15) is 5.56 Å². The number of nitrogens with zero attached hydrogens (tertiary/aromatic N) is 2. The number of amides is 1. The Balaban J connectivity index is 1.50. The number of non-ortho nitro benzene ring substituents is 1. The van der Waals surface area contributed by atoms with Gasteiger partial charge < -0.3 is 14.5 Å². The summed E-state index contributed by atoms with van der Waals surface area (Å²) in [6.45, 7) is 0. The molecular weight excluding hydrogens is 398 g/mol. The van der Waals surface area contributed by atoms with Crippen molar-refractivity contribution in [2.45, 2.75) is 0 Å². The lowest BCUT2D eigenvalue weighted by Gasteiger charge is -2.01. The van der Waals surface area contributed by atoms with Crippen LogP contribution in [0.5, 0.6) is 5.75 Å². The molecule has 0 radical (unpaired) electrons. The van der Waals surface area contributed by atoms with E-state index in [1.165, 1.54) is 24.3 Å². The van der Waals surface area contributed by atoms with Crippen molar-refractivity contribution in [3.8, 4) is 17.2 Å². The van der Waals surface area contributed by atoms with E-state index < -0.39 is 4.92 Å². The van der Waals surface area contributed by atoms with E-state index in [0.717, 1.165) is 5.56 Å². The highest BCUT2D eigenvalue weighted by Crippen LogP contribution is 2.28. The fraction of sp³-hybridized carbons (Fsp3) is 0.0435. The van der Waals surface area contributed by atoms with E-state index in [1.54, 1.807) is 37.4 Å². The summed E-state index contributed by atoms with van der Waals surface area (Å²) in [4.78, 5) is 27.1. The van der Waals surface area contributed by atoms with E-state index >= 15 is 0 Å². The van der Waals surface area contributed by atoms with Gasteiger partial charge in [-0.1, -0.05) is 18.2 Å². The summed E-state index contributed by atoms with van der Waals surface area (Å²) >= 11 is 0. The first-order chi connectivity index (χ1) is 15.0. The highest BCUT2D eigenvalue weighted by atomic mass is 16.6. The third kappa shape index (κ3) is 4.59. The fourth-order valence-electron chi connectivity index (χ4n) is 2.98. The number of anilines is 1. The number of aromatic nitrogens is 1. The monoisotopic (exact) mass is 415 g/mol. The van der Waals surface area contributed by atoms with Crippen molar-refractivity contribution in [1.29, 1.82) is 0 Å². The molecule has 0 fully saturated rings. The van der Waals surface area contributed by atoms with Gasteiger partial charge in [0.05, 0.1) is 12.0 Å². The molecule has 31 heavy (non-hydrogen) atoms.